The molecule has 29 heavy (non-hydrogen) atoms. The molecular weight excluding hydrogens is 368 g/mol. The lowest BCUT2D eigenvalue weighted by Crippen LogP contribution is -2.49. The zero-order chi connectivity index (χ0) is 20.9. The van der Waals surface area contributed by atoms with Crippen LogP contribution in [-0.2, 0) is 16.0 Å². The minimum absolute atomic E-state index is 0.126. The number of hydrogen-bond acceptors (Lipinski definition) is 5. The van der Waals surface area contributed by atoms with Gasteiger partial charge in [0.2, 0.25) is 11.8 Å². The smallest absolute Gasteiger partial charge is 0.242 e. The fourth-order valence-electron chi connectivity index (χ4n) is 3.18. The third kappa shape index (κ3) is 8.15. The van der Waals surface area contributed by atoms with Gasteiger partial charge in [0, 0.05) is 25.3 Å². The zero-order valence-electron chi connectivity index (χ0n) is 17.6. The molecule has 2 rings (SSSR count). The third-order valence-corrected chi connectivity index (χ3v) is 4.80. The van der Waals surface area contributed by atoms with E-state index in [0.717, 1.165) is 36.3 Å². The highest BCUT2D eigenvalue weighted by Gasteiger charge is 2.19. The van der Waals surface area contributed by atoms with Crippen LogP contribution in [0.4, 0.5) is 0 Å². The van der Waals surface area contributed by atoms with E-state index in [-0.39, 0.29) is 18.4 Å². The number of para-hydroxylation sites is 1. The molecule has 2 amide bonds. The number of carbonyl (C=O) groups is 2. The van der Waals surface area contributed by atoms with Crippen molar-refractivity contribution >= 4 is 11.8 Å². The van der Waals surface area contributed by atoms with Gasteiger partial charge in [-0.1, -0.05) is 37.6 Å². The Morgan fingerprint density at radius 2 is 1.97 bits per heavy atom. The van der Waals surface area contributed by atoms with Gasteiger partial charge in [-0.2, -0.15) is 0 Å². The lowest BCUT2D eigenvalue weighted by Gasteiger charge is -2.19. The van der Waals surface area contributed by atoms with Gasteiger partial charge in [-0.15, -0.1) is 0 Å². The normalized spacial score (nSPS) is 21.6. The Morgan fingerprint density at radius 3 is 2.76 bits per heavy atom. The summed E-state index contributed by atoms with van der Waals surface area (Å²) in [6.07, 6.45) is 5.00. The molecule has 1 heterocycles. The van der Waals surface area contributed by atoms with E-state index in [1.807, 2.05) is 38.1 Å². The second-order valence-electron chi connectivity index (χ2n) is 7.10. The van der Waals surface area contributed by atoms with Crippen molar-refractivity contribution in [2.45, 2.75) is 45.6 Å². The van der Waals surface area contributed by atoms with Gasteiger partial charge in [0.25, 0.3) is 0 Å². The maximum absolute atomic E-state index is 12.5. The summed E-state index contributed by atoms with van der Waals surface area (Å²) in [5.74, 6) is 0.581. The number of ether oxygens (including phenoxy) is 1. The molecule has 1 aromatic rings. The summed E-state index contributed by atoms with van der Waals surface area (Å²) < 4.78 is 5.94. The maximum atomic E-state index is 12.5. The number of fused-ring (bicyclic) bond motifs is 1. The van der Waals surface area contributed by atoms with Crippen LogP contribution >= 0.6 is 0 Å². The van der Waals surface area contributed by atoms with Crippen molar-refractivity contribution in [3.63, 3.8) is 0 Å². The molecule has 4 N–H and O–H groups in total. The van der Waals surface area contributed by atoms with Crippen LogP contribution in [0.25, 0.3) is 0 Å². The number of carbonyl (C=O) groups excluding carboxylic acids is 2. The van der Waals surface area contributed by atoms with Crippen molar-refractivity contribution in [3.05, 3.63) is 41.6 Å². The molecule has 1 aliphatic heterocycles. The average molecular weight is 403 g/mol. The molecule has 0 bridgehead atoms. The lowest BCUT2D eigenvalue weighted by atomic mass is 10.1. The summed E-state index contributed by atoms with van der Waals surface area (Å²) >= 11 is 0. The molecule has 0 spiro atoms. The fourth-order valence-corrected chi connectivity index (χ4v) is 3.18. The quantitative estimate of drug-likeness (QED) is 0.602. The van der Waals surface area contributed by atoms with Crippen LogP contribution in [0.1, 0.15) is 38.7 Å². The second-order valence-corrected chi connectivity index (χ2v) is 7.10. The van der Waals surface area contributed by atoms with Gasteiger partial charge in [0.1, 0.15) is 18.4 Å². The van der Waals surface area contributed by atoms with Gasteiger partial charge in [-0.25, -0.2) is 0 Å². The van der Waals surface area contributed by atoms with Gasteiger partial charge in [0.05, 0.1) is 6.54 Å². The summed E-state index contributed by atoms with van der Waals surface area (Å²) in [7, 11) is 0. The summed E-state index contributed by atoms with van der Waals surface area (Å²) in [6, 6.07) is 7.51. The molecule has 1 unspecified atom stereocenters. The Labute approximate surface area is 173 Å². The molecular formula is C22H34N4O3. The summed E-state index contributed by atoms with van der Waals surface area (Å²) in [5.41, 5.74) is 2.07. The lowest BCUT2D eigenvalue weighted by molar-refractivity contribution is -0.128. The van der Waals surface area contributed by atoms with Crippen molar-refractivity contribution in [2.75, 3.05) is 32.8 Å². The van der Waals surface area contributed by atoms with Gasteiger partial charge in [-0.05, 0) is 37.8 Å². The number of amides is 2. The van der Waals surface area contributed by atoms with Crippen LogP contribution in [0, 0.1) is 0 Å². The molecule has 1 aliphatic rings. The van der Waals surface area contributed by atoms with Crippen molar-refractivity contribution in [1.29, 1.82) is 0 Å². The van der Waals surface area contributed by atoms with Crippen LogP contribution in [0.2, 0.25) is 0 Å². The fraction of sp³-hybridized carbons (Fsp3) is 0.545. The molecule has 7 nitrogen and oxygen atoms in total. The molecule has 0 fully saturated rings. The Morgan fingerprint density at radius 1 is 1.14 bits per heavy atom. The highest BCUT2D eigenvalue weighted by atomic mass is 16.5. The molecule has 0 aliphatic carbocycles. The third-order valence-electron chi connectivity index (χ3n) is 4.80. The van der Waals surface area contributed by atoms with Crippen molar-refractivity contribution in [1.82, 2.24) is 21.3 Å². The number of rotatable bonds is 2. The first kappa shape index (κ1) is 22.7. The minimum atomic E-state index is -0.504. The molecule has 0 radical (unpaired) electrons. The van der Waals surface area contributed by atoms with Crippen LogP contribution in [0.3, 0.4) is 0 Å². The number of benzene rings is 1. The van der Waals surface area contributed by atoms with Gasteiger partial charge < -0.3 is 26.0 Å². The summed E-state index contributed by atoms with van der Waals surface area (Å²) in [5, 5.41) is 12.3. The Balaban J connectivity index is 2.05. The van der Waals surface area contributed by atoms with Crippen LogP contribution in [0.5, 0.6) is 5.75 Å². The first-order chi connectivity index (χ1) is 14.1. The van der Waals surface area contributed by atoms with Gasteiger partial charge in [-0.3, -0.25) is 9.59 Å². The van der Waals surface area contributed by atoms with Gasteiger partial charge >= 0.3 is 0 Å². The van der Waals surface area contributed by atoms with Crippen LogP contribution in [0.15, 0.2) is 36.0 Å². The average Bonchev–Trinajstić information content (AvgIpc) is 2.73. The maximum Gasteiger partial charge on any atom is 0.242 e. The molecule has 160 valence electrons. The van der Waals surface area contributed by atoms with Crippen LogP contribution < -0.4 is 26.0 Å². The monoisotopic (exact) mass is 402 g/mol. The van der Waals surface area contributed by atoms with E-state index < -0.39 is 6.04 Å². The molecule has 1 atom stereocenters. The van der Waals surface area contributed by atoms with E-state index in [1.54, 1.807) is 0 Å². The largest absolute Gasteiger partial charge is 0.492 e. The molecule has 0 aromatic heterocycles. The minimum Gasteiger partial charge on any atom is -0.492 e. The van der Waals surface area contributed by atoms with Crippen molar-refractivity contribution in [2.24, 2.45) is 0 Å². The van der Waals surface area contributed by atoms with E-state index in [9.17, 15) is 9.59 Å². The van der Waals surface area contributed by atoms with E-state index in [4.69, 9.17) is 4.74 Å². The molecule has 1 aromatic carbocycles. The van der Waals surface area contributed by atoms with Crippen molar-refractivity contribution in [3.8, 4) is 5.75 Å². The van der Waals surface area contributed by atoms with E-state index in [1.165, 1.54) is 0 Å². The highest BCUT2D eigenvalue weighted by molar-refractivity contribution is 5.88. The predicted molar refractivity (Wildman–Crippen MR) is 115 cm³/mol. The Bertz CT molecular complexity index is 690. The molecule has 0 saturated carbocycles. The predicted octanol–water partition coefficient (Wildman–Crippen LogP) is 1.50. The van der Waals surface area contributed by atoms with E-state index in [0.29, 0.717) is 32.7 Å². The topological polar surface area (TPSA) is 91.5 Å². The summed E-state index contributed by atoms with van der Waals surface area (Å²) in [6.45, 7) is 6.51. The Hall–Kier alpha value is -2.54. The summed E-state index contributed by atoms with van der Waals surface area (Å²) in [4.78, 5) is 24.8. The number of allylic oxidation sites excluding steroid dienone is 1. The van der Waals surface area contributed by atoms with Crippen LogP contribution in [-0.4, -0.2) is 50.6 Å². The SMILES string of the molecule is CC=C1CNCCOc2ccccc2CCCNC(=O)C(CCC)NC(=O)CN1. The first-order valence-corrected chi connectivity index (χ1v) is 10.5. The van der Waals surface area contributed by atoms with E-state index in [2.05, 4.69) is 27.3 Å². The molecule has 7 heteroatoms. The zero-order valence-corrected chi connectivity index (χ0v) is 17.6. The van der Waals surface area contributed by atoms with E-state index >= 15 is 0 Å². The standard InChI is InChI=1S/C22H34N4O3/c1-3-8-19-22(28)24-12-7-10-17-9-5-6-11-20(17)29-14-13-23-15-18(4-2)25-16-21(27)26-19/h4-6,9,11,19,23,25H,3,7-8,10,12-16H2,1-2H3,(H,24,28)(H,26,27). The second kappa shape index (κ2) is 12.8. The molecule has 0 saturated heterocycles. The number of nitrogens with one attached hydrogen (secondary N) is 4. The number of aryl methyl sites for hydroxylation is 1. The first-order valence-electron chi connectivity index (χ1n) is 10.5. The highest BCUT2D eigenvalue weighted by Crippen LogP contribution is 2.19. The number of hydrogen-bond donors (Lipinski definition) is 4. The van der Waals surface area contributed by atoms with Crippen molar-refractivity contribution < 1.29 is 14.3 Å². The Kier molecular flexibility index (Phi) is 10.1. The van der Waals surface area contributed by atoms with Gasteiger partial charge in [0.15, 0.2) is 0 Å².